The third-order valence-corrected chi connectivity index (χ3v) is 5.01. The van der Waals surface area contributed by atoms with Crippen LogP contribution < -0.4 is 10.0 Å². The van der Waals surface area contributed by atoms with E-state index in [1.165, 1.54) is 4.90 Å². The van der Waals surface area contributed by atoms with Gasteiger partial charge in [-0.05, 0) is 24.3 Å². The number of rotatable bonds is 4. The number of likely N-dealkylation sites (tertiary alicyclic amines) is 1. The third kappa shape index (κ3) is 3.13. The van der Waals surface area contributed by atoms with Gasteiger partial charge in [0.25, 0.3) is 0 Å². The van der Waals surface area contributed by atoms with Gasteiger partial charge in [-0.15, -0.1) is 0 Å². The molecular weight excluding hydrogens is 316 g/mol. The van der Waals surface area contributed by atoms with E-state index >= 15 is 0 Å². The second-order valence-electron chi connectivity index (χ2n) is 6.60. The van der Waals surface area contributed by atoms with Gasteiger partial charge in [-0.25, -0.2) is 4.98 Å². The van der Waals surface area contributed by atoms with E-state index in [1.54, 1.807) is 6.20 Å². The highest BCUT2D eigenvalue weighted by Crippen LogP contribution is 2.23. The maximum absolute atomic E-state index is 11.1. The van der Waals surface area contributed by atoms with Crippen LogP contribution in [0.25, 0.3) is 16.9 Å². The molecule has 1 fully saturated rings. The van der Waals surface area contributed by atoms with Crippen molar-refractivity contribution in [2.45, 2.75) is 19.4 Å². The molecule has 6 heteroatoms. The first-order valence-corrected chi connectivity index (χ1v) is 8.63. The zero-order chi connectivity index (χ0) is 17.2. The molecule has 0 aromatic carbocycles. The van der Waals surface area contributed by atoms with Crippen molar-refractivity contribution in [1.29, 1.82) is 0 Å². The van der Waals surface area contributed by atoms with Gasteiger partial charge in [-0.3, -0.25) is 9.38 Å². The molecule has 0 bridgehead atoms. The van der Waals surface area contributed by atoms with Crippen LogP contribution in [0.4, 0.5) is 0 Å². The first-order chi connectivity index (χ1) is 12.2. The van der Waals surface area contributed by atoms with E-state index in [0.29, 0.717) is 12.8 Å². The number of carbonyl (C=O) groups excluding carboxylic acids is 1. The number of carboxylic acids is 1. The van der Waals surface area contributed by atoms with Crippen LogP contribution in [0.2, 0.25) is 0 Å². The number of nitrogens with zero attached hydrogens (tertiary/aromatic N) is 3. The molecular formula is C19H20N4O2. The number of fused-ring (bicyclic) bond motifs is 1. The van der Waals surface area contributed by atoms with Gasteiger partial charge in [0, 0.05) is 48.9 Å². The smallest absolute Gasteiger partial charge is 0.137 e. The molecule has 4 rings (SSSR count). The Morgan fingerprint density at radius 1 is 1.24 bits per heavy atom. The molecule has 4 heterocycles. The molecule has 6 nitrogen and oxygen atoms in total. The molecule has 25 heavy (non-hydrogen) atoms. The normalized spacial score (nSPS) is 20.6. The Labute approximate surface area is 145 Å². The number of aliphatic carboxylic acids is 1. The molecule has 0 amide bonds. The fourth-order valence-corrected chi connectivity index (χ4v) is 3.62. The second kappa shape index (κ2) is 6.64. The average molecular weight is 336 g/mol. The highest BCUT2D eigenvalue weighted by Gasteiger charge is 2.25. The van der Waals surface area contributed by atoms with Gasteiger partial charge in [-0.2, -0.15) is 0 Å². The number of hydrogen-bond acceptors (Lipinski definition) is 4. The molecule has 3 aromatic heterocycles. The molecule has 0 radical (unpaired) electrons. The van der Waals surface area contributed by atoms with Crippen molar-refractivity contribution >= 4 is 11.6 Å². The molecule has 0 spiro atoms. The van der Waals surface area contributed by atoms with E-state index < -0.39 is 5.97 Å². The van der Waals surface area contributed by atoms with Crippen molar-refractivity contribution in [2.24, 2.45) is 5.92 Å². The summed E-state index contributed by atoms with van der Waals surface area (Å²) in [5.41, 5.74) is 4.02. The molecule has 0 saturated carbocycles. The van der Waals surface area contributed by atoms with Gasteiger partial charge in [0.15, 0.2) is 0 Å². The summed E-state index contributed by atoms with van der Waals surface area (Å²) in [6, 6.07) is 9.93. The molecule has 1 saturated heterocycles. The highest BCUT2D eigenvalue weighted by molar-refractivity contribution is 5.67. The van der Waals surface area contributed by atoms with Crippen LogP contribution in [0.3, 0.4) is 0 Å². The van der Waals surface area contributed by atoms with Crippen molar-refractivity contribution in [3.63, 3.8) is 0 Å². The van der Waals surface area contributed by atoms with Gasteiger partial charge in [0.05, 0.1) is 18.8 Å². The lowest BCUT2D eigenvalue weighted by molar-refractivity contribution is -0.919. The Morgan fingerprint density at radius 2 is 2.08 bits per heavy atom. The zero-order valence-corrected chi connectivity index (χ0v) is 13.9. The molecule has 0 atom stereocenters. The summed E-state index contributed by atoms with van der Waals surface area (Å²) in [6.07, 6.45) is 6.98. The zero-order valence-electron chi connectivity index (χ0n) is 13.9. The van der Waals surface area contributed by atoms with Crippen LogP contribution in [-0.4, -0.2) is 33.4 Å². The molecule has 0 aliphatic carbocycles. The minimum atomic E-state index is -0.912. The number of carboxylic acid groups (broad SMARTS) is 1. The Morgan fingerprint density at radius 3 is 2.80 bits per heavy atom. The summed E-state index contributed by atoms with van der Waals surface area (Å²) in [5, 5.41) is 11.1. The van der Waals surface area contributed by atoms with Gasteiger partial charge >= 0.3 is 0 Å². The Hall–Kier alpha value is -2.73. The van der Waals surface area contributed by atoms with E-state index in [4.69, 9.17) is 4.98 Å². The summed E-state index contributed by atoms with van der Waals surface area (Å²) in [7, 11) is 0. The van der Waals surface area contributed by atoms with Gasteiger partial charge in [-0.1, -0.05) is 6.07 Å². The molecule has 3 aromatic rings. The van der Waals surface area contributed by atoms with E-state index in [2.05, 4.69) is 9.38 Å². The summed E-state index contributed by atoms with van der Waals surface area (Å²) < 4.78 is 2.13. The number of quaternary nitrogens is 1. The SMILES string of the molecule is O=C([O-])C1CC[NH+](Cc2c(-c3cccnc3)nc3ccccn23)CC1. The second-order valence-corrected chi connectivity index (χ2v) is 6.60. The number of nitrogens with one attached hydrogen (secondary N) is 1. The number of imidazole rings is 1. The van der Waals surface area contributed by atoms with E-state index in [-0.39, 0.29) is 5.92 Å². The maximum Gasteiger partial charge on any atom is 0.137 e. The van der Waals surface area contributed by atoms with Crippen molar-refractivity contribution in [1.82, 2.24) is 14.4 Å². The lowest BCUT2D eigenvalue weighted by Gasteiger charge is -2.29. The molecule has 1 aliphatic rings. The van der Waals surface area contributed by atoms with Gasteiger partial charge < -0.3 is 14.8 Å². The number of piperidine rings is 1. The van der Waals surface area contributed by atoms with E-state index in [0.717, 1.165) is 42.2 Å². The summed E-state index contributed by atoms with van der Waals surface area (Å²) in [4.78, 5) is 21.5. The Kier molecular flexibility index (Phi) is 4.19. The summed E-state index contributed by atoms with van der Waals surface area (Å²) in [6.45, 7) is 2.49. The topological polar surface area (TPSA) is 74.8 Å². The van der Waals surface area contributed by atoms with Gasteiger partial charge in [0.2, 0.25) is 0 Å². The van der Waals surface area contributed by atoms with Crippen molar-refractivity contribution < 1.29 is 14.8 Å². The lowest BCUT2D eigenvalue weighted by Crippen LogP contribution is -3.12. The molecule has 128 valence electrons. The van der Waals surface area contributed by atoms with E-state index in [9.17, 15) is 9.90 Å². The lowest BCUT2D eigenvalue weighted by atomic mass is 9.97. The highest BCUT2D eigenvalue weighted by atomic mass is 16.4. The summed E-state index contributed by atoms with van der Waals surface area (Å²) in [5.74, 6) is -1.21. The maximum atomic E-state index is 11.1. The van der Waals surface area contributed by atoms with E-state index in [1.807, 2.05) is 42.7 Å². The quantitative estimate of drug-likeness (QED) is 0.724. The first-order valence-electron chi connectivity index (χ1n) is 8.63. The van der Waals surface area contributed by atoms with Crippen LogP contribution in [0.1, 0.15) is 18.5 Å². The molecule has 1 N–H and O–H groups in total. The third-order valence-electron chi connectivity index (χ3n) is 5.01. The number of carbonyl (C=O) groups is 1. The minimum absolute atomic E-state index is 0.302. The number of aromatic nitrogens is 3. The minimum Gasteiger partial charge on any atom is -0.550 e. The fraction of sp³-hybridized carbons (Fsp3) is 0.316. The van der Waals surface area contributed by atoms with Crippen molar-refractivity contribution in [2.75, 3.05) is 13.1 Å². The van der Waals surface area contributed by atoms with Crippen molar-refractivity contribution in [3.8, 4) is 11.3 Å². The molecule has 1 aliphatic heterocycles. The Bertz CT molecular complexity index is 883. The number of pyridine rings is 2. The fourth-order valence-electron chi connectivity index (χ4n) is 3.62. The van der Waals surface area contributed by atoms with Crippen LogP contribution in [-0.2, 0) is 11.3 Å². The standard InChI is InChI=1S/C19H20N4O2/c24-19(25)14-6-10-22(11-7-14)13-16-18(15-4-3-8-20-12-15)21-17-5-1-2-9-23(16)17/h1-5,8-9,12,14H,6-7,10-11,13H2,(H,24,25). The summed E-state index contributed by atoms with van der Waals surface area (Å²) >= 11 is 0. The number of hydrogen-bond donors (Lipinski definition) is 1. The van der Waals surface area contributed by atoms with Crippen LogP contribution in [0.5, 0.6) is 0 Å². The van der Waals surface area contributed by atoms with Crippen LogP contribution >= 0.6 is 0 Å². The monoisotopic (exact) mass is 336 g/mol. The predicted octanol–water partition coefficient (Wildman–Crippen LogP) is -0.0589. The van der Waals surface area contributed by atoms with Crippen LogP contribution in [0, 0.1) is 5.92 Å². The average Bonchev–Trinajstić information content (AvgIpc) is 3.02. The Balaban J connectivity index is 1.66. The molecule has 0 unspecified atom stereocenters. The van der Waals surface area contributed by atoms with Crippen molar-refractivity contribution in [3.05, 3.63) is 54.6 Å². The first kappa shape index (κ1) is 15.8. The van der Waals surface area contributed by atoms with Gasteiger partial charge in [0.1, 0.15) is 17.9 Å². The largest absolute Gasteiger partial charge is 0.550 e. The predicted molar refractivity (Wildman–Crippen MR) is 90.6 cm³/mol. The van der Waals surface area contributed by atoms with Crippen LogP contribution in [0.15, 0.2) is 48.9 Å².